The second-order valence-corrected chi connectivity index (χ2v) is 11.2. The zero-order valence-electron chi connectivity index (χ0n) is 26.6. The van der Waals surface area contributed by atoms with Gasteiger partial charge in [-0.3, -0.25) is 9.36 Å². The first-order valence-corrected chi connectivity index (χ1v) is 15.8. The van der Waals surface area contributed by atoms with Crippen molar-refractivity contribution in [3.8, 4) is 0 Å². The number of imidazole rings is 1. The molecule has 252 valence electrons. The third kappa shape index (κ3) is 7.58. The number of fused-ring (bicyclic) bond motifs is 1. The highest BCUT2D eigenvalue weighted by Gasteiger charge is 2.51. The molecule has 49 heavy (non-hydrogen) atoms. The van der Waals surface area contributed by atoms with Gasteiger partial charge in [0.25, 0.3) is 5.56 Å². The summed E-state index contributed by atoms with van der Waals surface area (Å²) in [5.41, 5.74) is 0.653. The molecular formula is C36H34N4O9. The van der Waals surface area contributed by atoms with Crippen molar-refractivity contribution in [2.45, 2.75) is 51.0 Å². The van der Waals surface area contributed by atoms with Crippen LogP contribution in [-0.2, 0) is 30.4 Å². The van der Waals surface area contributed by atoms with Gasteiger partial charge in [0.1, 0.15) is 19.4 Å². The maximum atomic E-state index is 13.5. The molecule has 4 atom stereocenters. The first kappa shape index (κ1) is 33.2. The number of ether oxygens (including phenoxy) is 5. The fourth-order valence-corrected chi connectivity index (χ4v) is 5.34. The summed E-state index contributed by atoms with van der Waals surface area (Å²) in [5.74, 6) is -2.05. The van der Waals surface area contributed by atoms with Crippen LogP contribution in [0.25, 0.3) is 11.0 Å². The molecular weight excluding hydrogens is 632 g/mol. The Kier molecular flexibility index (Phi) is 10.5. The van der Waals surface area contributed by atoms with Crippen molar-refractivity contribution >= 4 is 28.9 Å². The molecule has 0 unspecified atom stereocenters. The SMILES string of the molecule is CCCCOCn1ncc2c(ncn2[C@@H]2O[C@H](COC(=O)c3ccccc3)[C@@H](OC(=O)c3ccccc3)[C@H]2OC(=O)c2ccccc2)c1=O. The van der Waals surface area contributed by atoms with Crippen LogP contribution >= 0.6 is 0 Å². The summed E-state index contributed by atoms with van der Waals surface area (Å²) in [6, 6.07) is 24.9. The number of unbranched alkanes of at least 4 members (excludes halogenated alkanes) is 1. The van der Waals surface area contributed by atoms with Crippen LogP contribution < -0.4 is 5.56 Å². The highest BCUT2D eigenvalue weighted by atomic mass is 16.7. The molecule has 3 heterocycles. The van der Waals surface area contributed by atoms with Gasteiger partial charge in [-0.25, -0.2) is 24.0 Å². The molecule has 0 saturated carbocycles. The second kappa shape index (κ2) is 15.5. The van der Waals surface area contributed by atoms with E-state index in [0.29, 0.717) is 12.2 Å². The molecule has 1 fully saturated rings. The Hall–Kier alpha value is -5.66. The van der Waals surface area contributed by atoms with E-state index in [0.717, 1.165) is 17.5 Å². The van der Waals surface area contributed by atoms with Crippen LogP contribution in [0.15, 0.2) is 108 Å². The van der Waals surface area contributed by atoms with Crippen molar-refractivity contribution in [2.24, 2.45) is 0 Å². The second-order valence-electron chi connectivity index (χ2n) is 11.2. The molecule has 0 amide bonds. The number of benzene rings is 3. The summed E-state index contributed by atoms with van der Waals surface area (Å²) in [4.78, 5) is 57.4. The molecule has 6 rings (SSSR count). The molecule has 1 aliphatic rings. The minimum atomic E-state index is -1.28. The topological polar surface area (TPSA) is 150 Å². The van der Waals surface area contributed by atoms with E-state index in [1.54, 1.807) is 91.0 Å². The van der Waals surface area contributed by atoms with Crippen molar-refractivity contribution in [3.05, 3.63) is 131 Å². The predicted molar refractivity (Wildman–Crippen MR) is 175 cm³/mol. The molecule has 5 aromatic rings. The summed E-state index contributed by atoms with van der Waals surface area (Å²) in [5, 5.41) is 4.26. The van der Waals surface area contributed by atoms with Gasteiger partial charge in [0, 0.05) is 6.61 Å². The molecule has 0 radical (unpaired) electrons. The van der Waals surface area contributed by atoms with E-state index in [-0.39, 0.29) is 35.5 Å². The van der Waals surface area contributed by atoms with E-state index in [1.165, 1.54) is 17.1 Å². The minimum Gasteiger partial charge on any atom is -0.459 e. The molecule has 1 saturated heterocycles. The van der Waals surface area contributed by atoms with Gasteiger partial charge in [-0.2, -0.15) is 5.10 Å². The third-order valence-electron chi connectivity index (χ3n) is 7.90. The van der Waals surface area contributed by atoms with Crippen LogP contribution in [0, 0.1) is 0 Å². The van der Waals surface area contributed by atoms with Gasteiger partial charge in [-0.05, 0) is 42.8 Å². The Bertz CT molecular complexity index is 1950. The van der Waals surface area contributed by atoms with Gasteiger partial charge < -0.3 is 23.7 Å². The van der Waals surface area contributed by atoms with Crippen LogP contribution in [0.2, 0.25) is 0 Å². The Morgan fingerprint density at radius 1 is 0.796 bits per heavy atom. The van der Waals surface area contributed by atoms with Gasteiger partial charge in [0.05, 0.1) is 34.7 Å². The Morgan fingerprint density at radius 3 is 1.96 bits per heavy atom. The standard InChI is InChI=1S/C36H34N4O9/c1-2-3-19-45-23-40-32(41)29-27(20-38-40)39(22-37-29)33-31(49-36(44)26-17-11-6-12-18-26)30(48-35(43)25-15-9-5-10-16-25)28(47-33)21-46-34(42)24-13-7-4-8-14-24/h4-18,20,22,28,30-31,33H,2-3,19,21,23H2,1H3/t28-,30-,31-,33-/m1/s1. The van der Waals surface area contributed by atoms with Gasteiger partial charge in [-0.15, -0.1) is 0 Å². The smallest absolute Gasteiger partial charge is 0.338 e. The third-order valence-corrected chi connectivity index (χ3v) is 7.90. The van der Waals surface area contributed by atoms with Crippen LogP contribution in [0.3, 0.4) is 0 Å². The van der Waals surface area contributed by atoms with Crippen molar-refractivity contribution in [2.75, 3.05) is 13.2 Å². The number of aromatic nitrogens is 4. The molecule has 3 aromatic carbocycles. The van der Waals surface area contributed by atoms with Gasteiger partial charge in [0.15, 0.2) is 24.0 Å². The van der Waals surface area contributed by atoms with Crippen LogP contribution in [0.5, 0.6) is 0 Å². The summed E-state index contributed by atoms with van der Waals surface area (Å²) >= 11 is 0. The average Bonchev–Trinajstić information content (AvgIpc) is 3.72. The zero-order chi connectivity index (χ0) is 34.2. The minimum absolute atomic E-state index is 0.0504. The first-order valence-electron chi connectivity index (χ1n) is 15.8. The van der Waals surface area contributed by atoms with Gasteiger partial charge >= 0.3 is 17.9 Å². The Morgan fingerprint density at radius 2 is 1.37 bits per heavy atom. The number of esters is 3. The van der Waals surface area contributed by atoms with E-state index in [1.807, 2.05) is 6.92 Å². The largest absolute Gasteiger partial charge is 0.459 e. The fourth-order valence-electron chi connectivity index (χ4n) is 5.34. The summed E-state index contributed by atoms with van der Waals surface area (Å²) < 4.78 is 32.2. The maximum absolute atomic E-state index is 13.5. The lowest BCUT2D eigenvalue weighted by Crippen LogP contribution is -2.41. The molecule has 0 bridgehead atoms. The van der Waals surface area contributed by atoms with Crippen molar-refractivity contribution in [1.82, 2.24) is 19.3 Å². The normalized spacial score (nSPS) is 18.6. The predicted octanol–water partition coefficient (Wildman–Crippen LogP) is 4.57. The number of hydrogen-bond donors (Lipinski definition) is 0. The van der Waals surface area contributed by atoms with Crippen LogP contribution in [0.1, 0.15) is 57.1 Å². The molecule has 0 aliphatic carbocycles. The maximum Gasteiger partial charge on any atom is 0.338 e. The lowest BCUT2D eigenvalue weighted by Gasteiger charge is -2.25. The Labute approximate surface area is 280 Å². The van der Waals surface area contributed by atoms with Crippen molar-refractivity contribution < 1.29 is 38.1 Å². The summed E-state index contributed by atoms with van der Waals surface area (Å²) in [6.45, 7) is 2.10. The van der Waals surface area contributed by atoms with Gasteiger partial charge in [-0.1, -0.05) is 67.9 Å². The Balaban J connectivity index is 1.36. The molecule has 2 aromatic heterocycles. The molecule has 0 spiro atoms. The average molecular weight is 667 g/mol. The number of nitrogens with zero attached hydrogens (tertiary/aromatic N) is 4. The molecule has 13 nitrogen and oxygen atoms in total. The van der Waals surface area contributed by atoms with E-state index in [4.69, 9.17) is 23.7 Å². The number of carbonyl (C=O) groups excluding carboxylic acids is 3. The lowest BCUT2D eigenvalue weighted by atomic mass is 10.1. The van der Waals surface area contributed by atoms with Crippen molar-refractivity contribution in [3.63, 3.8) is 0 Å². The van der Waals surface area contributed by atoms with Crippen LogP contribution in [0.4, 0.5) is 0 Å². The van der Waals surface area contributed by atoms with Crippen LogP contribution in [-0.4, -0.2) is 68.8 Å². The molecule has 13 heteroatoms. The van der Waals surface area contributed by atoms with E-state index < -0.39 is 48.0 Å². The molecule has 0 N–H and O–H groups in total. The lowest BCUT2D eigenvalue weighted by molar-refractivity contribution is -0.0604. The van der Waals surface area contributed by atoms with E-state index >= 15 is 0 Å². The zero-order valence-corrected chi connectivity index (χ0v) is 26.6. The van der Waals surface area contributed by atoms with Gasteiger partial charge in [0.2, 0.25) is 0 Å². The number of carbonyl (C=O) groups is 3. The monoisotopic (exact) mass is 666 g/mol. The fraction of sp³-hybridized carbons (Fsp3) is 0.278. The summed E-state index contributed by atoms with van der Waals surface area (Å²) in [6.07, 6.45) is -0.243. The number of rotatable bonds is 13. The molecule has 1 aliphatic heterocycles. The highest BCUT2D eigenvalue weighted by molar-refractivity contribution is 5.91. The number of hydrogen-bond acceptors (Lipinski definition) is 11. The first-order chi connectivity index (χ1) is 23.9. The van der Waals surface area contributed by atoms with E-state index in [9.17, 15) is 19.2 Å². The quantitative estimate of drug-likeness (QED) is 0.0988. The highest BCUT2D eigenvalue weighted by Crippen LogP contribution is 2.36. The summed E-state index contributed by atoms with van der Waals surface area (Å²) in [7, 11) is 0. The van der Waals surface area contributed by atoms with E-state index in [2.05, 4.69) is 10.1 Å². The van der Waals surface area contributed by atoms with Crippen molar-refractivity contribution in [1.29, 1.82) is 0 Å².